The van der Waals surface area contributed by atoms with Crippen LogP contribution in [0.3, 0.4) is 0 Å². The van der Waals surface area contributed by atoms with E-state index in [1.165, 1.54) is 0 Å². The fourth-order valence-corrected chi connectivity index (χ4v) is 1.65. The van der Waals surface area contributed by atoms with Crippen LogP contribution in [-0.4, -0.2) is 37.4 Å². The number of esters is 1. The molecule has 0 aromatic carbocycles. The van der Waals surface area contributed by atoms with Gasteiger partial charge in [-0.05, 0) is 33.6 Å². The summed E-state index contributed by atoms with van der Waals surface area (Å²) < 4.78 is 10.7. The molecule has 0 radical (unpaired) electrons. The van der Waals surface area contributed by atoms with E-state index in [1.54, 1.807) is 0 Å². The zero-order valence-corrected chi connectivity index (χ0v) is 10.5. The van der Waals surface area contributed by atoms with Gasteiger partial charge in [-0.3, -0.25) is 4.79 Å². The van der Waals surface area contributed by atoms with Crippen molar-refractivity contribution in [2.24, 2.45) is 0 Å². The maximum atomic E-state index is 11.4. The third-order valence-corrected chi connectivity index (χ3v) is 2.32. The van der Waals surface area contributed by atoms with E-state index in [9.17, 15) is 4.79 Å². The van der Waals surface area contributed by atoms with Crippen molar-refractivity contribution in [3.8, 4) is 0 Å². The lowest BCUT2D eigenvalue weighted by Gasteiger charge is -2.19. The Labute approximate surface area is 97.7 Å². The van der Waals surface area contributed by atoms with E-state index in [4.69, 9.17) is 9.47 Å². The Morgan fingerprint density at radius 3 is 2.81 bits per heavy atom. The molecule has 4 heteroatoms. The number of carbonyl (C=O) groups excluding carboxylic acids is 1. The van der Waals surface area contributed by atoms with Crippen LogP contribution in [0.1, 0.15) is 40.0 Å². The normalized spacial score (nSPS) is 21.1. The lowest BCUT2D eigenvalue weighted by atomic mass is 10.2. The highest BCUT2D eigenvalue weighted by Crippen LogP contribution is 2.10. The Balaban J connectivity index is 2.00. The molecule has 0 aromatic heterocycles. The van der Waals surface area contributed by atoms with Gasteiger partial charge in [0.1, 0.15) is 5.60 Å². The van der Waals surface area contributed by atoms with Crippen LogP contribution in [0.15, 0.2) is 0 Å². The van der Waals surface area contributed by atoms with Crippen LogP contribution in [0, 0.1) is 0 Å². The highest BCUT2D eigenvalue weighted by molar-refractivity contribution is 5.70. The van der Waals surface area contributed by atoms with Gasteiger partial charge in [0.15, 0.2) is 0 Å². The van der Waals surface area contributed by atoms with Gasteiger partial charge >= 0.3 is 5.97 Å². The first kappa shape index (κ1) is 13.5. The van der Waals surface area contributed by atoms with E-state index in [2.05, 4.69) is 5.32 Å². The predicted molar refractivity (Wildman–Crippen MR) is 62.3 cm³/mol. The summed E-state index contributed by atoms with van der Waals surface area (Å²) in [5.41, 5.74) is -0.383. The predicted octanol–water partition coefficient (Wildman–Crippen LogP) is 1.49. The van der Waals surface area contributed by atoms with Gasteiger partial charge in [-0.2, -0.15) is 0 Å². The van der Waals surface area contributed by atoms with Gasteiger partial charge in [-0.15, -0.1) is 0 Å². The summed E-state index contributed by atoms with van der Waals surface area (Å²) in [4.78, 5) is 11.4. The zero-order chi connectivity index (χ0) is 12.0. The van der Waals surface area contributed by atoms with Crippen LogP contribution in [0.5, 0.6) is 0 Å². The van der Waals surface area contributed by atoms with Crippen LogP contribution in [0.25, 0.3) is 0 Å². The van der Waals surface area contributed by atoms with Crippen molar-refractivity contribution >= 4 is 5.97 Å². The topological polar surface area (TPSA) is 47.6 Å². The third-order valence-electron chi connectivity index (χ3n) is 2.32. The molecule has 1 N–H and O–H groups in total. The van der Waals surface area contributed by atoms with Gasteiger partial charge in [-0.1, -0.05) is 0 Å². The number of carbonyl (C=O) groups is 1. The van der Waals surface area contributed by atoms with Crippen molar-refractivity contribution in [3.63, 3.8) is 0 Å². The van der Waals surface area contributed by atoms with Crippen molar-refractivity contribution in [3.05, 3.63) is 0 Å². The molecule has 0 spiro atoms. The molecule has 0 aromatic rings. The highest BCUT2D eigenvalue weighted by Gasteiger charge is 2.17. The van der Waals surface area contributed by atoms with Gasteiger partial charge in [-0.25, -0.2) is 0 Å². The van der Waals surface area contributed by atoms with Crippen LogP contribution >= 0.6 is 0 Å². The molecule has 16 heavy (non-hydrogen) atoms. The van der Waals surface area contributed by atoms with E-state index in [-0.39, 0.29) is 11.6 Å². The summed E-state index contributed by atoms with van der Waals surface area (Å²) in [6.45, 7) is 8.01. The summed E-state index contributed by atoms with van der Waals surface area (Å²) in [7, 11) is 0. The van der Waals surface area contributed by atoms with Crippen LogP contribution in [-0.2, 0) is 14.3 Å². The first-order valence-corrected chi connectivity index (χ1v) is 6.01. The third kappa shape index (κ3) is 6.08. The first-order valence-electron chi connectivity index (χ1n) is 6.01. The fraction of sp³-hybridized carbons (Fsp3) is 0.917. The lowest BCUT2D eigenvalue weighted by Crippen LogP contribution is -2.30. The molecule has 0 saturated carbocycles. The van der Waals surface area contributed by atoms with Gasteiger partial charge in [0.2, 0.25) is 0 Å². The van der Waals surface area contributed by atoms with Gasteiger partial charge < -0.3 is 14.8 Å². The molecular weight excluding hydrogens is 206 g/mol. The lowest BCUT2D eigenvalue weighted by molar-refractivity contribution is -0.154. The molecular formula is C12H23NO3. The largest absolute Gasteiger partial charge is 0.460 e. The number of nitrogens with one attached hydrogen (secondary N) is 1. The SMILES string of the molecule is CC(C)(C)OC(=O)CCNC[C@H]1CCCO1. The number of rotatable bonds is 5. The van der Waals surface area contributed by atoms with E-state index in [0.29, 0.717) is 19.1 Å². The molecule has 1 heterocycles. The average Bonchev–Trinajstić information content (AvgIpc) is 2.62. The standard InChI is InChI=1S/C12H23NO3/c1-12(2,3)16-11(14)6-7-13-9-10-5-4-8-15-10/h10,13H,4-9H2,1-3H3/t10-/m1/s1. The Morgan fingerprint density at radius 2 is 2.25 bits per heavy atom. The fourth-order valence-electron chi connectivity index (χ4n) is 1.65. The minimum atomic E-state index is -0.383. The number of ether oxygens (including phenoxy) is 2. The monoisotopic (exact) mass is 229 g/mol. The minimum Gasteiger partial charge on any atom is -0.460 e. The summed E-state index contributed by atoms with van der Waals surface area (Å²) in [6.07, 6.45) is 3.03. The van der Waals surface area contributed by atoms with Crippen molar-refractivity contribution in [2.75, 3.05) is 19.7 Å². The summed E-state index contributed by atoms with van der Waals surface area (Å²) >= 11 is 0. The van der Waals surface area contributed by atoms with Crippen molar-refractivity contribution in [2.45, 2.75) is 51.7 Å². The molecule has 1 atom stereocenters. The number of hydrogen-bond acceptors (Lipinski definition) is 4. The molecule has 94 valence electrons. The molecule has 1 fully saturated rings. The molecule has 4 nitrogen and oxygen atoms in total. The Morgan fingerprint density at radius 1 is 1.50 bits per heavy atom. The quantitative estimate of drug-likeness (QED) is 0.573. The van der Waals surface area contributed by atoms with E-state index in [0.717, 1.165) is 26.0 Å². The molecule has 1 saturated heterocycles. The van der Waals surface area contributed by atoms with Gasteiger partial charge in [0, 0.05) is 19.7 Å². The smallest absolute Gasteiger partial charge is 0.307 e. The second-order valence-corrected chi connectivity index (χ2v) is 5.18. The summed E-state index contributed by atoms with van der Waals surface area (Å²) in [6, 6.07) is 0. The zero-order valence-electron chi connectivity index (χ0n) is 10.5. The average molecular weight is 229 g/mol. The van der Waals surface area contributed by atoms with E-state index >= 15 is 0 Å². The summed E-state index contributed by atoms with van der Waals surface area (Å²) in [5, 5.41) is 3.22. The molecule has 0 unspecified atom stereocenters. The van der Waals surface area contributed by atoms with Crippen LogP contribution in [0.2, 0.25) is 0 Å². The molecule has 0 aliphatic carbocycles. The molecule has 1 rings (SSSR count). The van der Waals surface area contributed by atoms with Crippen molar-refractivity contribution < 1.29 is 14.3 Å². The first-order chi connectivity index (χ1) is 7.47. The second kappa shape index (κ2) is 6.21. The maximum Gasteiger partial charge on any atom is 0.307 e. The summed E-state index contributed by atoms with van der Waals surface area (Å²) in [5.74, 6) is -0.146. The number of hydrogen-bond donors (Lipinski definition) is 1. The molecule has 0 bridgehead atoms. The van der Waals surface area contributed by atoms with Crippen LogP contribution in [0.4, 0.5) is 0 Å². The van der Waals surface area contributed by atoms with E-state index in [1.807, 2.05) is 20.8 Å². The second-order valence-electron chi connectivity index (χ2n) is 5.18. The maximum absolute atomic E-state index is 11.4. The molecule has 0 amide bonds. The highest BCUT2D eigenvalue weighted by atomic mass is 16.6. The Bertz CT molecular complexity index is 217. The molecule has 1 aliphatic heterocycles. The Kier molecular flexibility index (Phi) is 5.22. The van der Waals surface area contributed by atoms with E-state index < -0.39 is 0 Å². The van der Waals surface area contributed by atoms with Crippen LogP contribution < -0.4 is 5.32 Å². The minimum absolute atomic E-state index is 0.146. The Hall–Kier alpha value is -0.610. The van der Waals surface area contributed by atoms with Gasteiger partial charge in [0.25, 0.3) is 0 Å². The molecule has 1 aliphatic rings. The van der Waals surface area contributed by atoms with Gasteiger partial charge in [0.05, 0.1) is 12.5 Å². The van der Waals surface area contributed by atoms with Crippen molar-refractivity contribution in [1.82, 2.24) is 5.32 Å². The van der Waals surface area contributed by atoms with Crippen molar-refractivity contribution in [1.29, 1.82) is 0 Å².